The summed E-state index contributed by atoms with van der Waals surface area (Å²) in [5.41, 5.74) is 0. The maximum Gasteiger partial charge on any atom is 0.143 e. The zero-order valence-electron chi connectivity index (χ0n) is 8.64. The SMILES string of the molecule is Fc1cc2c(cc1Cl)Oc1cc(Cl)c(F)cc1S2. The van der Waals surface area contributed by atoms with Crippen LogP contribution in [-0.2, 0) is 0 Å². The van der Waals surface area contributed by atoms with Crippen LogP contribution in [0.15, 0.2) is 34.1 Å². The van der Waals surface area contributed by atoms with E-state index in [0.29, 0.717) is 21.3 Å². The van der Waals surface area contributed by atoms with Crippen molar-refractivity contribution in [2.75, 3.05) is 0 Å². The molecule has 1 heterocycles. The molecule has 0 amide bonds. The molecule has 18 heavy (non-hydrogen) atoms. The Morgan fingerprint density at radius 3 is 1.72 bits per heavy atom. The maximum atomic E-state index is 13.3. The minimum absolute atomic E-state index is 0.0222. The lowest BCUT2D eigenvalue weighted by atomic mass is 10.3. The van der Waals surface area contributed by atoms with Crippen molar-refractivity contribution in [1.29, 1.82) is 0 Å². The van der Waals surface area contributed by atoms with Gasteiger partial charge in [0.15, 0.2) is 0 Å². The van der Waals surface area contributed by atoms with Gasteiger partial charge >= 0.3 is 0 Å². The fraction of sp³-hybridized carbons (Fsp3) is 0. The van der Waals surface area contributed by atoms with Gasteiger partial charge in [0.05, 0.1) is 19.8 Å². The second-order valence-electron chi connectivity index (χ2n) is 3.63. The molecule has 1 aliphatic rings. The first kappa shape index (κ1) is 12.1. The summed E-state index contributed by atoms with van der Waals surface area (Å²) in [5.74, 6) is -0.211. The monoisotopic (exact) mass is 304 g/mol. The van der Waals surface area contributed by atoms with E-state index in [1.54, 1.807) is 0 Å². The molecule has 0 radical (unpaired) electrons. The molecule has 1 nitrogen and oxygen atoms in total. The predicted molar refractivity (Wildman–Crippen MR) is 67.0 cm³/mol. The molecule has 2 aromatic rings. The average Bonchev–Trinajstić information content (AvgIpc) is 2.31. The molecular formula is C12H4Cl2F2OS. The van der Waals surface area contributed by atoms with Crippen molar-refractivity contribution in [3.05, 3.63) is 45.9 Å². The molecule has 0 saturated heterocycles. The summed E-state index contributed by atoms with van der Waals surface area (Å²) >= 11 is 12.6. The number of hydrogen-bond donors (Lipinski definition) is 0. The van der Waals surface area contributed by atoms with Crippen LogP contribution in [0.4, 0.5) is 8.78 Å². The third-order valence-electron chi connectivity index (χ3n) is 2.41. The van der Waals surface area contributed by atoms with Crippen LogP contribution >= 0.6 is 35.0 Å². The second kappa shape index (κ2) is 4.30. The molecule has 0 fully saturated rings. The van der Waals surface area contributed by atoms with Gasteiger partial charge in [-0.05, 0) is 12.1 Å². The van der Waals surface area contributed by atoms with Crippen molar-refractivity contribution in [3.8, 4) is 11.5 Å². The number of benzene rings is 2. The Labute approximate surface area is 116 Å². The van der Waals surface area contributed by atoms with Crippen molar-refractivity contribution in [1.82, 2.24) is 0 Å². The van der Waals surface area contributed by atoms with Crippen LogP contribution in [0.1, 0.15) is 0 Å². The lowest BCUT2D eigenvalue weighted by Crippen LogP contribution is -1.97. The number of fused-ring (bicyclic) bond motifs is 2. The minimum atomic E-state index is -0.538. The Balaban J connectivity index is 2.12. The molecule has 0 spiro atoms. The zero-order chi connectivity index (χ0) is 12.9. The molecule has 6 heteroatoms. The summed E-state index contributed by atoms with van der Waals surface area (Å²) in [6, 6.07) is 5.30. The molecule has 0 atom stereocenters. The summed E-state index contributed by atoms with van der Waals surface area (Å²) in [7, 11) is 0. The third-order valence-corrected chi connectivity index (χ3v) is 4.07. The highest BCUT2D eigenvalue weighted by Gasteiger charge is 2.21. The van der Waals surface area contributed by atoms with Crippen molar-refractivity contribution < 1.29 is 13.5 Å². The molecule has 1 aliphatic heterocycles. The highest BCUT2D eigenvalue weighted by atomic mass is 35.5. The Kier molecular flexibility index (Phi) is 2.88. The fourth-order valence-electron chi connectivity index (χ4n) is 1.58. The number of hydrogen-bond acceptors (Lipinski definition) is 2. The molecule has 0 aromatic heterocycles. The Hall–Kier alpha value is -0.970. The van der Waals surface area contributed by atoms with Gasteiger partial charge in [-0.15, -0.1) is 0 Å². The molecule has 92 valence electrons. The van der Waals surface area contributed by atoms with Crippen LogP contribution in [0, 0.1) is 11.6 Å². The lowest BCUT2D eigenvalue weighted by molar-refractivity contribution is 0.449. The highest BCUT2D eigenvalue weighted by Crippen LogP contribution is 2.49. The normalized spacial score (nSPS) is 12.7. The van der Waals surface area contributed by atoms with Gasteiger partial charge < -0.3 is 4.74 Å². The minimum Gasteiger partial charge on any atom is -0.455 e. The first-order valence-electron chi connectivity index (χ1n) is 4.88. The first-order valence-corrected chi connectivity index (χ1v) is 6.45. The van der Waals surface area contributed by atoms with E-state index in [4.69, 9.17) is 27.9 Å². The van der Waals surface area contributed by atoms with Crippen molar-refractivity contribution in [2.24, 2.45) is 0 Å². The van der Waals surface area contributed by atoms with Crippen LogP contribution in [0.3, 0.4) is 0 Å². The molecular weight excluding hydrogens is 301 g/mol. The molecule has 0 bridgehead atoms. The summed E-state index contributed by atoms with van der Waals surface area (Å²) in [6.07, 6.45) is 0. The zero-order valence-corrected chi connectivity index (χ0v) is 11.0. The Bertz CT molecular complexity index is 550. The van der Waals surface area contributed by atoms with E-state index < -0.39 is 11.6 Å². The van der Waals surface area contributed by atoms with Crippen LogP contribution in [0.5, 0.6) is 11.5 Å². The van der Waals surface area contributed by atoms with Crippen LogP contribution in [-0.4, -0.2) is 0 Å². The fourth-order valence-corrected chi connectivity index (χ4v) is 2.85. The quantitative estimate of drug-likeness (QED) is 0.540. The topological polar surface area (TPSA) is 9.23 Å². The largest absolute Gasteiger partial charge is 0.455 e. The van der Waals surface area contributed by atoms with Gasteiger partial charge in [-0.3, -0.25) is 0 Å². The van der Waals surface area contributed by atoms with Gasteiger partial charge in [0.2, 0.25) is 0 Å². The Morgan fingerprint density at radius 1 is 0.833 bits per heavy atom. The van der Waals surface area contributed by atoms with E-state index in [1.807, 2.05) is 0 Å². The third kappa shape index (κ3) is 1.94. The van der Waals surface area contributed by atoms with Crippen molar-refractivity contribution >= 4 is 35.0 Å². The first-order chi connectivity index (χ1) is 8.54. The second-order valence-corrected chi connectivity index (χ2v) is 5.53. The van der Waals surface area contributed by atoms with Gasteiger partial charge in [0.1, 0.15) is 23.1 Å². The molecule has 3 rings (SSSR count). The van der Waals surface area contributed by atoms with Gasteiger partial charge in [0, 0.05) is 12.1 Å². The van der Waals surface area contributed by atoms with Gasteiger partial charge in [0.25, 0.3) is 0 Å². The molecule has 0 unspecified atom stereocenters. The number of ether oxygens (including phenoxy) is 1. The highest BCUT2D eigenvalue weighted by molar-refractivity contribution is 7.99. The smallest absolute Gasteiger partial charge is 0.143 e. The van der Waals surface area contributed by atoms with Gasteiger partial charge in [-0.1, -0.05) is 35.0 Å². The predicted octanol–water partition coefficient (Wildman–Crippen LogP) is 5.53. The molecule has 0 saturated carbocycles. The lowest BCUT2D eigenvalue weighted by Gasteiger charge is -2.20. The van der Waals surface area contributed by atoms with E-state index >= 15 is 0 Å². The van der Waals surface area contributed by atoms with Crippen LogP contribution < -0.4 is 4.74 Å². The molecule has 0 N–H and O–H groups in total. The van der Waals surface area contributed by atoms with Gasteiger partial charge in [-0.25, -0.2) is 8.78 Å². The number of rotatable bonds is 0. The Morgan fingerprint density at radius 2 is 1.28 bits per heavy atom. The van der Waals surface area contributed by atoms with Gasteiger partial charge in [-0.2, -0.15) is 0 Å². The van der Waals surface area contributed by atoms with E-state index in [0.717, 1.165) is 0 Å². The molecule has 2 aromatic carbocycles. The van der Waals surface area contributed by atoms with E-state index in [2.05, 4.69) is 0 Å². The van der Waals surface area contributed by atoms with E-state index in [-0.39, 0.29) is 10.0 Å². The number of halogens is 4. The molecule has 0 aliphatic carbocycles. The summed E-state index contributed by atoms with van der Waals surface area (Å²) in [6.45, 7) is 0. The summed E-state index contributed by atoms with van der Waals surface area (Å²) in [4.78, 5) is 1.09. The van der Waals surface area contributed by atoms with Crippen LogP contribution in [0.2, 0.25) is 10.0 Å². The van der Waals surface area contributed by atoms with Crippen molar-refractivity contribution in [2.45, 2.75) is 9.79 Å². The maximum absolute atomic E-state index is 13.3. The van der Waals surface area contributed by atoms with E-state index in [1.165, 1.54) is 36.0 Å². The van der Waals surface area contributed by atoms with Crippen molar-refractivity contribution in [3.63, 3.8) is 0 Å². The van der Waals surface area contributed by atoms with Crippen LogP contribution in [0.25, 0.3) is 0 Å². The standard InChI is InChI=1S/C12H4Cl2F2OS/c13-5-1-9-11(3-7(5)15)18-12-4-8(16)6(14)2-10(12)17-9/h1-4H. The average molecular weight is 305 g/mol. The van der Waals surface area contributed by atoms with E-state index in [9.17, 15) is 8.78 Å². The summed E-state index contributed by atoms with van der Waals surface area (Å²) in [5, 5.41) is -0.0444. The summed E-state index contributed by atoms with van der Waals surface area (Å²) < 4.78 is 32.2.